The molecule has 0 bridgehead atoms. The van der Waals surface area contributed by atoms with Crippen LogP contribution in [0.3, 0.4) is 0 Å². The SMILES string of the molecule is CCCCCCCCCCCCCCCCNC(=O)c1cc(OCCOCCO)c2ccccc2c1O. The average molecular weight is 516 g/mol. The molecule has 0 saturated heterocycles. The molecule has 0 aromatic heterocycles. The van der Waals surface area contributed by atoms with Gasteiger partial charge in [-0.25, -0.2) is 0 Å². The molecule has 2 rings (SSSR count). The molecule has 0 fully saturated rings. The lowest BCUT2D eigenvalue weighted by molar-refractivity contribution is 0.0708. The van der Waals surface area contributed by atoms with E-state index < -0.39 is 0 Å². The first-order valence-electron chi connectivity index (χ1n) is 14.5. The number of hydrogen-bond donors (Lipinski definition) is 3. The number of phenols is 1. The van der Waals surface area contributed by atoms with Gasteiger partial charge in [-0.15, -0.1) is 0 Å². The van der Waals surface area contributed by atoms with Gasteiger partial charge >= 0.3 is 0 Å². The van der Waals surface area contributed by atoms with Crippen LogP contribution in [0.2, 0.25) is 0 Å². The Balaban J connectivity index is 1.65. The molecule has 0 aliphatic carbocycles. The van der Waals surface area contributed by atoms with Crippen molar-refractivity contribution in [3.8, 4) is 11.5 Å². The third-order valence-electron chi connectivity index (χ3n) is 6.76. The molecule has 0 radical (unpaired) electrons. The van der Waals surface area contributed by atoms with Crippen molar-refractivity contribution < 1.29 is 24.5 Å². The van der Waals surface area contributed by atoms with Crippen molar-refractivity contribution in [3.05, 3.63) is 35.9 Å². The second kappa shape index (κ2) is 19.8. The van der Waals surface area contributed by atoms with E-state index in [0.717, 1.165) is 18.2 Å². The van der Waals surface area contributed by atoms with Crippen LogP contribution in [0.1, 0.15) is 107 Å². The van der Waals surface area contributed by atoms with Crippen molar-refractivity contribution in [2.75, 3.05) is 33.0 Å². The highest BCUT2D eigenvalue weighted by Crippen LogP contribution is 2.36. The Bertz CT molecular complexity index is 885. The van der Waals surface area contributed by atoms with Crippen molar-refractivity contribution in [3.63, 3.8) is 0 Å². The molecule has 0 heterocycles. The van der Waals surface area contributed by atoms with Gasteiger partial charge in [0, 0.05) is 17.3 Å². The number of ether oxygens (including phenoxy) is 2. The van der Waals surface area contributed by atoms with E-state index in [-0.39, 0.29) is 37.0 Å². The monoisotopic (exact) mass is 515 g/mol. The van der Waals surface area contributed by atoms with Crippen LogP contribution in [0.25, 0.3) is 10.8 Å². The van der Waals surface area contributed by atoms with Gasteiger partial charge in [-0.1, -0.05) is 115 Å². The zero-order valence-corrected chi connectivity index (χ0v) is 22.9. The summed E-state index contributed by atoms with van der Waals surface area (Å²) >= 11 is 0. The van der Waals surface area contributed by atoms with Gasteiger partial charge in [0.2, 0.25) is 0 Å². The molecule has 0 atom stereocenters. The quantitative estimate of drug-likeness (QED) is 0.145. The summed E-state index contributed by atoms with van der Waals surface area (Å²) in [7, 11) is 0. The van der Waals surface area contributed by atoms with Crippen molar-refractivity contribution in [2.45, 2.75) is 96.8 Å². The highest BCUT2D eigenvalue weighted by Gasteiger charge is 2.17. The Morgan fingerprint density at radius 1 is 0.784 bits per heavy atom. The smallest absolute Gasteiger partial charge is 0.255 e. The van der Waals surface area contributed by atoms with E-state index in [1.165, 1.54) is 77.0 Å². The third-order valence-corrected chi connectivity index (χ3v) is 6.76. The summed E-state index contributed by atoms with van der Waals surface area (Å²) in [6.07, 6.45) is 18.2. The first-order chi connectivity index (χ1) is 18.2. The van der Waals surface area contributed by atoms with Gasteiger partial charge in [0.1, 0.15) is 18.1 Å². The fraction of sp³-hybridized carbons (Fsp3) is 0.645. The average Bonchev–Trinajstić information content (AvgIpc) is 2.92. The number of benzene rings is 2. The van der Waals surface area contributed by atoms with Gasteiger partial charge in [-0.05, 0) is 12.5 Å². The number of rotatable bonds is 22. The molecule has 3 N–H and O–H groups in total. The molecule has 6 heteroatoms. The van der Waals surface area contributed by atoms with Gasteiger partial charge in [-0.2, -0.15) is 0 Å². The standard InChI is InChI=1S/C31H49NO5/c1-2-3-4-5-6-7-8-9-10-11-12-13-14-17-20-32-31(35)28-25-29(37-24-23-36-22-21-33)26-18-15-16-19-27(26)30(28)34/h15-16,18-19,25,33-34H,2-14,17,20-24H2,1H3,(H,32,35). The second-order valence-corrected chi connectivity index (χ2v) is 9.85. The Morgan fingerprint density at radius 2 is 1.35 bits per heavy atom. The molecule has 0 unspecified atom stereocenters. The maximum atomic E-state index is 12.8. The predicted molar refractivity (Wildman–Crippen MR) is 152 cm³/mol. The lowest BCUT2D eigenvalue weighted by Gasteiger charge is -2.14. The van der Waals surface area contributed by atoms with Gasteiger partial charge in [0.15, 0.2) is 0 Å². The zero-order valence-electron chi connectivity index (χ0n) is 22.9. The van der Waals surface area contributed by atoms with Crippen LogP contribution >= 0.6 is 0 Å². The highest BCUT2D eigenvalue weighted by atomic mass is 16.5. The fourth-order valence-corrected chi connectivity index (χ4v) is 4.61. The van der Waals surface area contributed by atoms with Crippen LogP contribution in [0, 0.1) is 0 Å². The summed E-state index contributed by atoms with van der Waals surface area (Å²) in [5, 5.41) is 23.8. The van der Waals surface area contributed by atoms with Crippen LogP contribution < -0.4 is 10.1 Å². The molecule has 2 aromatic carbocycles. The molecular weight excluding hydrogens is 466 g/mol. The first-order valence-corrected chi connectivity index (χ1v) is 14.5. The van der Waals surface area contributed by atoms with E-state index in [0.29, 0.717) is 24.3 Å². The van der Waals surface area contributed by atoms with Gasteiger partial charge < -0.3 is 25.0 Å². The summed E-state index contributed by atoms with van der Waals surface area (Å²) in [5.74, 6) is 0.208. The number of nitrogens with one attached hydrogen (secondary N) is 1. The van der Waals surface area contributed by atoms with Crippen molar-refractivity contribution in [2.24, 2.45) is 0 Å². The third kappa shape index (κ3) is 12.2. The Labute approximate surface area is 223 Å². The lowest BCUT2D eigenvalue weighted by Crippen LogP contribution is -2.24. The molecule has 0 saturated carbocycles. The Morgan fingerprint density at radius 3 is 1.95 bits per heavy atom. The van der Waals surface area contributed by atoms with Crippen molar-refractivity contribution in [1.29, 1.82) is 0 Å². The summed E-state index contributed by atoms with van der Waals surface area (Å²) in [6, 6.07) is 8.93. The molecular formula is C31H49NO5. The number of hydrogen-bond acceptors (Lipinski definition) is 5. The second-order valence-electron chi connectivity index (χ2n) is 9.85. The molecule has 208 valence electrons. The number of aliphatic hydroxyl groups excluding tert-OH is 1. The normalized spacial score (nSPS) is 11.2. The van der Waals surface area contributed by atoms with E-state index >= 15 is 0 Å². The number of unbranched alkanes of at least 4 members (excludes halogenated alkanes) is 13. The number of aliphatic hydroxyl groups is 1. The molecule has 37 heavy (non-hydrogen) atoms. The van der Waals surface area contributed by atoms with Gasteiger partial charge in [-0.3, -0.25) is 4.79 Å². The summed E-state index contributed by atoms with van der Waals surface area (Å²) in [5.41, 5.74) is 0.218. The first kappa shape index (κ1) is 30.9. The summed E-state index contributed by atoms with van der Waals surface area (Å²) in [6.45, 7) is 3.69. The number of phenolic OH excluding ortho intramolecular Hbond substituents is 1. The molecule has 1 amide bonds. The molecule has 0 aliphatic heterocycles. The van der Waals surface area contributed by atoms with Crippen LogP contribution in [0.15, 0.2) is 30.3 Å². The van der Waals surface area contributed by atoms with E-state index in [4.69, 9.17) is 14.6 Å². The summed E-state index contributed by atoms with van der Waals surface area (Å²) < 4.78 is 11.1. The minimum absolute atomic E-state index is 0.0297. The number of carbonyl (C=O) groups is 1. The van der Waals surface area contributed by atoms with Crippen molar-refractivity contribution in [1.82, 2.24) is 5.32 Å². The Hall–Kier alpha value is -2.31. The topological polar surface area (TPSA) is 88.0 Å². The van der Waals surface area contributed by atoms with Gasteiger partial charge in [0.25, 0.3) is 5.91 Å². The zero-order chi connectivity index (χ0) is 26.6. The molecule has 0 spiro atoms. The molecule has 2 aromatic rings. The van der Waals surface area contributed by atoms with Crippen LogP contribution in [0.4, 0.5) is 0 Å². The number of amides is 1. The minimum Gasteiger partial charge on any atom is -0.506 e. The predicted octanol–water partition coefficient (Wildman–Crippen LogP) is 7.14. The summed E-state index contributed by atoms with van der Waals surface area (Å²) in [4.78, 5) is 12.8. The van der Waals surface area contributed by atoms with Crippen LogP contribution in [-0.2, 0) is 4.74 Å². The number of fused-ring (bicyclic) bond motifs is 1. The highest BCUT2D eigenvalue weighted by molar-refractivity contribution is 6.05. The number of carbonyl (C=O) groups excluding carboxylic acids is 1. The lowest BCUT2D eigenvalue weighted by atomic mass is 10.0. The van der Waals surface area contributed by atoms with Crippen molar-refractivity contribution >= 4 is 16.7 Å². The fourth-order valence-electron chi connectivity index (χ4n) is 4.61. The number of aromatic hydroxyl groups is 1. The minimum atomic E-state index is -0.292. The van der Waals surface area contributed by atoms with E-state index in [1.807, 2.05) is 18.2 Å². The van der Waals surface area contributed by atoms with E-state index in [9.17, 15) is 9.90 Å². The molecule has 6 nitrogen and oxygen atoms in total. The van der Waals surface area contributed by atoms with Crippen LogP contribution in [-0.4, -0.2) is 49.1 Å². The molecule has 0 aliphatic rings. The Kier molecular flexibility index (Phi) is 16.5. The van der Waals surface area contributed by atoms with E-state index in [1.54, 1.807) is 12.1 Å². The largest absolute Gasteiger partial charge is 0.506 e. The maximum Gasteiger partial charge on any atom is 0.255 e. The van der Waals surface area contributed by atoms with Gasteiger partial charge in [0.05, 0.1) is 25.4 Å². The van der Waals surface area contributed by atoms with E-state index in [2.05, 4.69) is 12.2 Å². The maximum absolute atomic E-state index is 12.8. The van der Waals surface area contributed by atoms with Crippen LogP contribution in [0.5, 0.6) is 11.5 Å².